The van der Waals surface area contributed by atoms with E-state index in [1.807, 2.05) is 18.2 Å². The van der Waals surface area contributed by atoms with E-state index in [4.69, 9.17) is 4.74 Å². The van der Waals surface area contributed by atoms with Gasteiger partial charge in [-0.25, -0.2) is 0 Å². The van der Waals surface area contributed by atoms with Crippen molar-refractivity contribution in [2.75, 3.05) is 20.3 Å². The van der Waals surface area contributed by atoms with Gasteiger partial charge in [0.05, 0.1) is 18.4 Å². The standard InChI is InChI=1S/C14H24N2O2/c1-11(2)8-14(13-6-4-5-7-15-13)16-9-12(17)10-18-3/h4-7,11-12,14,16-17H,8-10H2,1-3H3. The largest absolute Gasteiger partial charge is 0.389 e. The molecule has 0 bridgehead atoms. The second kappa shape index (κ2) is 8.19. The Balaban J connectivity index is 2.56. The summed E-state index contributed by atoms with van der Waals surface area (Å²) < 4.78 is 4.92. The van der Waals surface area contributed by atoms with Gasteiger partial charge in [-0.15, -0.1) is 0 Å². The number of aliphatic hydroxyl groups is 1. The Morgan fingerprint density at radius 3 is 2.72 bits per heavy atom. The molecule has 1 heterocycles. The molecule has 1 aromatic rings. The van der Waals surface area contributed by atoms with Crippen LogP contribution in [-0.4, -0.2) is 36.5 Å². The maximum atomic E-state index is 9.67. The second-order valence-electron chi connectivity index (χ2n) is 4.95. The highest BCUT2D eigenvalue weighted by atomic mass is 16.5. The number of nitrogens with zero attached hydrogens (tertiary/aromatic N) is 1. The number of methoxy groups -OCH3 is 1. The Labute approximate surface area is 109 Å². The average molecular weight is 252 g/mol. The lowest BCUT2D eigenvalue weighted by molar-refractivity contribution is 0.0620. The van der Waals surface area contributed by atoms with Gasteiger partial charge >= 0.3 is 0 Å². The van der Waals surface area contributed by atoms with Crippen molar-refractivity contribution >= 4 is 0 Å². The zero-order chi connectivity index (χ0) is 13.4. The molecule has 0 saturated heterocycles. The topological polar surface area (TPSA) is 54.4 Å². The molecule has 0 aliphatic rings. The molecule has 0 amide bonds. The summed E-state index contributed by atoms with van der Waals surface area (Å²) in [5.74, 6) is 0.573. The molecule has 2 N–H and O–H groups in total. The van der Waals surface area contributed by atoms with E-state index < -0.39 is 6.10 Å². The molecule has 1 rings (SSSR count). The molecule has 0 fully saturated rings. The third-order valence-corrected chi connectivity index (χ3v) is 2.71. The number of pyridine rings is 1. The molecule has 0 aromatic carbocycles. The molecule has 18 heavy (non-hydrogen) atoms. The highest BCUT2D eigenvalue weighted by Gasteiger charge is 2.15. The maximum Gasteiger partial charge on any atom is 0.0897 e. The Bertz CT molecular complexity index is 317. The first kappa shape index (κ1) is 15.1. The molecule has 4 nitrogen and oxygen atoms in total. The van der Waals surface area contributed by atoms with Crippen LogP contribution in [0, 0.1) is 5.92 Å². The molecule has 2 unspecified atom stereocenters. The summed E-state index contributed by atoms with van der Waals surface area (Å²) in [4.78, 5) is 4.38. The molecule has 0 saturated carbocycles. The molecular weight excluding hydrogens is 228 g/mol. The van der Waals surface area contributed by atoms with Crippen LogP contribution in [0.25, 0.3) is 0 Å². The van der Waals surface area contributed by atoms with Crippen LogP contribution < -0.4 is 5.32 Å². The van der Waals surface area contributed by atoms with E-state index in [-0.39, 0.29) is 6.04 Å². The van der Waals surface area contributed by atoms with Crippen LogP contribution in [0.4, 0.5) is 0 Å². The zero-order valence-corrected chi connectivity index (χ0v) is 11.5. The van der Waals surface area contributed by atoms with Crippen LogP contribution >= 0.6 is 0 Å². The number of aliphatic hydroxyl groups excluding tert-OH is 1. The van der Waals surface area contributed by atoms with Crippen LogP contribution in [0.1, 0.15) is 32.0 Å². The van der Waals surface area contributed by atoms with Crippen molar-refractivity contribution in [2.24, 2.45) is 5.92 Å². The van der Waals surface area contributed by atoms with E-state index >= 15 is 0 Å². The minimum atomic E-state index is -0.478. The van der Waals surface area contributed by atoms with E-state index in [9.17, 15) is 5.11 Å². The van der Waals surface area contributed by atoms with Crippen LogP contribution in [0.2, 0.25) is 0 Å². The summed E-state index contributed by atoms with van der Waals surface area (Å²) in [6.07, 6.45) is 2.32. The van der Waals surface area contributed by atoms with Crippen molar-refractivity contribution in [3.05, 3.63) is 30.1 Å². The van der Waals surface area contributed by atoms with Crippen molar-refractivity contribution in [3.63, 3.8) is 0 Å². The van der Waals surface area contributed by atoms with Gasteiger partial charge in [-0.3, -0.25) is 4.98 Å². The first-order valence-corrected chi connectivity index (χ1v) is 6.44. The summed E-state index contributed by atoms with van der Waals surface area (Å²) in [5.41, 5.74) is 1.02. The minimum Gasteiger partial charge on any atom is -0.389 e. The van der Waals surface area contributed by atoms with Gasteiger partial charge < -0.3 is 15.2 Å². The van der Waals surface area contributed by atoms with Crippen LogP contribution in [0.15, 0.2) is 24.4 Å². The molecule has 0 aliphatic carbocycles. The predicted octanol–water partition coefficient (Wildman–Crippen LogP) is 1.77. The summed E-state index contributed by atoms with van der Waals surface area (Å²) >= 11 is 0. The molecule has 1 aromatic heterocycles. The average Bonchev–Trinajstić information content (AvgIpc) is 2.35. The first-order chi connectivity index (χ1) is 8.63. The second-order valence-corrected chi connectivity index (χ2v) is 4.95. The van der Waals surface area contributed by atoms with Gasteiger partial charge in [0.15, 0.2) is 0 Å². The van der Waals surface area contributed by atoms with Crippen molar-refractivity contribution in [2.45, 2.75) is 32.4 Å². The predicted molar refractivity (Wildman–Crippen MR) is 72.3 cm³/mol. The van der Waals surface area contributed by atoms with Gasteiger partial charge in [0.2, 0.25) is 0 Å². The highest BCUT2D eigenvalue weighted by molar-refractivity contribution is 5.08. The Morgan fingerprint density at radius 2 is 2.17 bits per heavy atom. The lowest BCUT2D eigenvalue weighted by Crippen LogP contribution is -2.33. The van der Waals surface area contributed by atoms with Crippen LogP contribution in [0.5, 0.6) is 0 Å². The smallest absolute Gasteiger partial charge is 0.0897 e. The van der Waals surface area contributed by atoms with E-state index in [0.717, 1.165) is 12.1 Å². The third-order valence-electron chi connectivity index (χ3n) is 2.71. The monoisotopic (exact) mass is 252 g/mol. The van der Waals surface area contributed by atoms with Gasteiger partial charge in [-0.05, 0) is 24.5 Å². The molecule has 0 spiro atoms. The van der Waals surface area contributed by atoms with Gasteiger partial charge in [-0.2, -0.15) is 0 Å². The summed E-state index contributed by atoms with van der Waals surface area (Å²) in [6, 6.07) is 6.10. The van der Waals surface area contributed by atoms with E-state index in [2.05, 4.69) is 24.1 Å². The van der Waals surface area contributed by atoms with Crippen LogP contribution in [-0.2, 0) is 4.74 Å². The molecule has 2 atom stereocenters. The number of rotatable bonds is 8. The summed E-state index contributed by atoms with van der Waals surface area (Å²) in [7, 11) is 1.59. The van der Waals surface area contributed by atoms with Gasteiger partial charge in [0.1, 0.15) is 0 Å². The fourth-order valence-corrected chi connectivity index (χ4v) is 1.89. The SMILES string of the molecule is COCC(O)CNC(CC(C)C)c1ccccn1. The normalized spacial score (nSPS) is 14.7. The van der Waals surface area contributed by atoms with E-state index in [1.165, 1.54) is 0 Å². The van der Waals surface area contributed by atoms with E-state index in [1.54, 1.807) is 13.3 Å². The Hall–Kier alpha value is -0.970. The quantitative estimate of drug-likeness (QED) is 0.740. The molecule has 102 valence electrons. The summed E-state index contributed by atoms with van der Waals surface area (Å²) in [6.45, 7) is 5.23. The number of aromatic nitrogens is 1. The summed E-state index contributed by atoms with van der Waals surface area (Å²) in [5, 5.41) is 13.0. The minimum absolute atomic E-state index is 0.178. The number of nitrogens with one attached hydrogen (secondary N) is 1. The third kappa shape index (κ3) is 5.58. The maximum absolute atomic E-state index is 9.67. The van der Waals surface area contributed by atoms with Crippen molar-refractivity contribution < 1.29 is 9.84 Å². The van der Waals surface area contributed by atoms with Gasteiger partial charge in [0, 0.05) is 25.9 Å². The Kier molecular flexibility index (Phi) is 6.86. The van der Waals surface area contributed by atoms with Gasteiger partial charge in [0.25, 0.3) is 0 Å². The molecular formula is C14H24N2O2. The Morgan fingerprint density at radius 1 is 1.39 bits per heavy atom. The number of hydrogen-bond donors (Lipinski definition) is 2. The zero-order valence-electron chi connectivity index (χ0n) is 11.5. The number of hydrogen-bond acceptors (Lipinski definition) is 4. The van der Waals surface area contributed by atoms with Crippen molar-refractivity contribution in [1.29, 1.82) is 0 Å². The lowest BCUT2D eigenvalue weighted by atomic mass is 10.0. The first-order valence-electron chi connectivity index (χ1n) is 6.44. The van der Waals surface area contributed by atoms with Gasteiger partial charge in [-0.1, -0.05) is 19.9 Å². The molecule has 0 radical (unpaired) electrons. The lowest BCUT2D eigenvalue weighted by Gasteiger charge is -2.21. The van der Waals surface area contributed by atoms with Crippen LogP contribution in [0.3, 0.4) is 0 Å². The fraction of sp³-hybridized carbons (Fsp3) is 0.643. The fourth-order valence-electron chi connectivity index (χ4n) is 1.89. The van der Waals surface area contributed by atoms with E-state index in [0.29, 0.717) is 19.1 Å². The number of ether oxygens (including phenoxy) is 1. The molecule has 0 aliphatic heterocycles. The van der Waals surface area contributed by atoms with Crippen molar-refractivity contribution in [3.8, 4) is 0 Å². The highest BCUT2D eigenvalue weighted by Crippen LogP contribution is 2.19. The van der Waals surface area contributed by atoms with Crippen molar-refractivity contribution in [1.82, 2.24) is 10.3 Å². The molecule has 4 heteroatoms.